The second kappa shape index (κ2) is 11.3. The van der Waals surface area contributed by atoms with E-state index in [-0.39, 0.29) is 17.0 Å². The number of pyridine rings is 1. The first-order valence-corrected chi connectivity index (χ1v) is 13.0. The lowest BCUT2D eigenvalue weighted by Crippen LogP contribution is -2.48. The number of likely N-dealkylation sites (tertiary alicyclic amines) is 1. The maximum Gasteiger partial charge on any atom is 0.319 e. The summed E-state index contributed by atoms with van der Waals surface area (Å²) in [7, 11) is -3.59. The molecule has 0 unspecified atom stereocenters. The highest BCUT2D eigenvalue weighted by molar-refractivity contribution is 7.89. The molecule has 10 heteroatoms. The van der Waals surface area contributed by atoms with E-state index in [0.29, 0.717) is 24.7 Å². The number of sulfonamides is 1. The molecule has 2 amide bonds. The zero-order chi connectivity index (χ0) is 24.0. The number of rotatable bonds is 8. The first-order chi connectivity index (χ1) is 15.7. The number of amides is 2. The third-order valence-electron chi connectivity index (χ3n) is 5.73. The zero-order valence-electron chi connectivity index (χ0n) is 19.3. The van der Waals surface area contributed by atoms with Gasteiger partial charge in [0.15, 0.2) is 0 Å². The number of hydrogen-bond acceptors (Lipinski definition) is 5. The van der Waals surface area contributed by atoms with Crippen LogP contribution in [0, 0.1) is 13.8 Å². The Morgan fingerprint density at radius 1 is 1.18 bits per heavy atom. The third-order valence-corrected chi connectivity index (χ3v) is 7.99. The summed E-state index contributed by atoms with van der Waals surface area (Å²) in [6.07, 6.45) is 1.49. The minimum absolute atomic E-state index is 0.0512. The number of piperidine rings is 1. The first kappa shape index (κ1) is 25.4. The van der Waals surface area contributed by atoms with Gasteiger partial charge < -0.3 is 15.5 Å². The Morgan fingerprint density at radius 2 is 1.85 bits per heavy atom. The molecular formula is C23H32ClN5O3S. The second-order valence-corrected chi connectivity index (χ2v) is 10.6. The van der Waals surface area contributed by atoms with Crippen LogP contribution in [0.25, 0.3) is 0 Å². The van der Waals surface area contributed by atoms with Gasteiger partial charge in [-0.2, -0.15) is 4.31 Å². The standard InChI is InChI=1S/C23H32ClN5O3S/c1-4-29(33(31,32)22-7-5-6-19(24)16-22)21-8-11-28(12-9-21)13-10-25-23(30)27-20-14-17(2)26-18(3)15-20/h5-7,14-16,21H,4,8-13H2,1-3H3,(H2,25,26,27,30). The van der Waals surface area contributed by atoms with Gasteiger partial charge in [0, 0.05) is 47.8 Å². The van der Waals surface area contributed by atoms with Gasteiger partial charge in [0.25, 0.3) is 0 Å². The Hall–Kier alpha value is -2.20. The molecule has 180 valence electrons. The first-order valence-electron chi connectivity index (χ1n) is 11.2. The molecule has 1 fully saturated rings. The molecule has 1 aliphatic heterocycles. The Balaban J connectivity index is 1.46. The predicted molar refractivity (Wildman–Crippen MR) is 131 cm³/mol. The number of aryl methyl sites for hydroxylation is 2. The summed E-state index contributed by atoms with van der Waals surface area (Å²) in [5.41, 5.74) is 2.43. The Morgan fingerprint density at radius 3 is 2.45 bits per heavy atom. The van der Waals surface area contributed by atoms with Crippen LogP contribution in [0.4, 0.5) is 10.5 Å². The Kier molecular flexibility index (Phi) is 8.69. The summed E-state index contributed by atoms with van der Waals surface area (Å²) >= 11 is 6.01. The fourth-order valence-corrected chi connectivity index (χ4v) is 6.22. The van der Waals surface area contributed by atoms with Crippen molar-refractivity contribution in [1.29, 1.82) is 0 Å². The van der Waals surface area contributed by atoms with Gasteiger partial charge in [0.1, 0.15) is 0 Å². The molecule has 1 aliphatic rings. The second-order valence-electron chi connectivity index (χ2n) is 8.26. The van der Waals surface area contributed by atoms with Crippen LogP contribution in [0.2, 0.25) is 5.02 Å². The van der Waals surface area contributed by atoms with Crippen LogP contribution in [0.3, 0.4) is 0 Å². The molecule has 1 aromatic heterocycles. The number of halogens is 1. The number of carbonyl (C=O) groups excluding carboxylic acids is 1. The predicted octanol–water partition coefficient (Wildman–Crippen LogP) is 3.65. The van der Waals surface area contributed by atoms with Gasteiger partial charge >= 0.3 is 6.03 Å². The lowest BCUT2D eigenvalue weighted by molar-refractivity contribution is 0.162. The summed E-state index contributed by atoms with van der Waals surface area (Å²) in [5, 5.41) is 6.13. The summed E-state index contributed by atoms with van der Waals surface area (Å²) in [5.74, 6) is 0. The van der Waals surface area contributed by atoms with E-state index in [4.69, 9.17) is 11.6 Å². The van der Waals surface area contributed by atoms with Crippen molar-refractivity contribution < 1.29 is 13.2 Å². The molecule has 2 aromatic rings. The van der Waals surface area contributed by atoms with Crippen LogP contribution in [0.15, 0.2) is 41.3 Å². The molecule has 2 N–H and O–H groups in total. The van der Waals surface area contributed by atoms with Crippen molar-refractivity contribution in [2.75, 3.05) is 38.0 Å². The van der Waals surface area contributed by atoms with E-state index in [1.165, 1.54) is 6.07 Å². The monoisotopic (exact) mass is 493 g/mol. The van der Waals surface area contributed by atoms with Crippen molar-refractivity contribution in [3.63, 3.8) is 0 Å². The van der Waals surface area contributed by atoms with Crippen molar-refractivity contribution in [3.05, 3.63) is 52.8 Å². The highest BCUT2D eigenvalue weighted by Gasteiger charge is 2.32. The van der Waals surface area contributed by atoms with Gasteiger partial charge in [0.05, 0.1) is 4.90 Å². The van der Waals surface area contributed by atoms with Crippen LogP contribution >= 0.6 is 11.6 Å². The van der Waals surface area contributed by atoms with E-state index in [1.807, 2.05) is 32.9 Å². The number of urea groups is 1. The Bertz CT molecular complexity index is 1050. The number of nitrogens with one attached hydrogen (secondary N) is 2. The largest absolute Gasteiger partial charge is 0.337 e. The van der Waals surface area contributed by atoms with Crippen LogP contribution in [0.5, 0.6) is 0 Å². The lowest BCUT2D eigenvalue weighted by atomic mass is 10.1. The molecule has 0 saturated carbocycles. The summed E-state index contributed by atoms with van der Waals surface area (Å²) in [6.45, 7) is 8.83. The minimum Gasteiger partial charge on any atom is -0.337 e. The highest BCUT2D eigenvalue weighted by atomic mass is 35.5. The molecule has 3 rings (SSSR count). The van der Waals surface area contributed by atoms with Gasteiger partial charge in [-0.15, -0.1) is 0 Å². The summed E-state index contributed by atoms with van der Waals surface area (Å²) in [4.78, 5) is 19.0. The number of hydrogen-bond donors (Lipinski definition) is 2. The van der Waals surface area contributed by atoms with E-state index >= 15 is 0 Å². The average Bonchev–Trinajstić information content (AvgIpc) is 2.74. The molecule has 33 heavy (non-hydrogen) atoms. The topological polar surface area (TPSA) is 94.6 Å². The number of benzene rings is 1. The van der Waals surface area contributed by atoms with Gasteiger partial charge in [-0.3, -0.25) is 4.98 Å². The molecule has 2 heterocycles. The number of carbonyl (C=O) groups is 1. The summed E-state index contributed by atoms with van der Waals surface area (Å²) < 4.78 is 27.8. The van der Waals surface area contributed by atoms with Crippen molar-refractivity contribution in [2.24, 2.45) is 0 Å². The quantitative estimate of drug-likeness (QED) is 0.585. The maximum absolute atomic E-state index is 13.1. The van der Waals surface area contributed by atoms with E-state index in [9.17, 15) is 13.2 Å². The molecule has 0 aliphatic carbocycles. The fourth-order valence-electron chi connectivity index (χ4n) is 4.23. The van der Waals surface area contributed by atoms with Gasteiger partial charge in [-0.25, -0.2) is 13.2 Å². The van der Waals surface area contributed by atoms with E-state index in [2.05, 4.69) is 20.5 Å². The molecule has 1 aromatic carbocycles. The van der Waals surface area contributed by atoms with Gasteiger partial charge in [0.2, 0.25) is 10.0 Å². The van der Waals surface area contributed by atoms with Crippen LogP contribution in [-0.4, -0.2) is 67.4 Å². The highest BCUT2D eigenvalue weighted by Crippen LogP contribution is 2.25. The van der Waals surface area contributed by atoms with Crippen LogP contribution in [-0.2, 0) is 10.0 Å². The summed E-state index contributed by atoms with van der Waals surface area (Å²) in [6, 6.07) is 9.77. The average molecular weight is 494 g/mol. The molecule has 0 spiro atoms. The maximum atomic E-state index is 13.1. The molecule has 0 radical (unpaired) electrons. The van der Waals surface area contributed by atoms with E-state index < -0.39 is 10.0 Å². The normalized spacial score (nSPS) is 15.5. The SMILES string of the molecule is CCN(C1CCN(CCNC(=O)Nc2cc(C)nc(C)c2)CC1)S(=O)(=O)c1cccc(Cl)c1. The van der Waals surface area contributed by atoms with Crippen molar-refractivity contribution in [3.8, 4) is 0 Å². The van der Waals surface area contributed by atoms with E-state index in [0.717, 1.165) is 43.0 Å². The van der Waals surface area contributed by atoms with Gasteiger partial charge in [-0.1, -0.05) is 24.6 Å². The van der Waals surface area contributed by atoms with Crippen molar-refractivity contribution in [1.82, 2.24) is 19.5 Å². The van der Waals surface area contributed by atoms with Crippen LogP contribution < -0.4 is 10.6 Å². The molecule has 0 bridgehead atoms. The lowest BCUT2D eigenvalue weighted by Gasteiger charge is -2.37. The molecular weight excluding hydrogens is 462 g/mol. The fraction of sp³-hybridized carbons (Fsp3) is 0.478. The Labute approximate surface area is 201 Å². The van der Waals surface area contributed by atoms with Crippen LogP contribution in [0.1, 0.15) is 31.2 Å². The number of anilines is 1. The third kappa shape index (κ3) is 6.89. The van der Waals surface area contributed by atoms with Gasteiger partial charge in [-0.05, 0) is 70.1 Å². The molecule has 0 atom stereocenters. The molecule has 1 saturated heterocycles. The zero-order valence-corrected chi connectivity index (χ0v) is 20.9. The van der Waals surface area contributed by atoms with Crippen molar-refractivity contribution >= 4 is 33.3 Å². The van der Waals surface area contributed by atoms with Crippen molar-refractivity contribution in [2.45, 2.75) is 44.6 Å². The number of nitrogens with zero attached hydrogens (tertiary/aromatic N) is 3. The molecule has 8 nitrogen and oxygen atoms in total. The number of aromatic nitrogens is 1. The van der Waals surface area contributed by atoms with E-state index in [1.54, 1.807) is 22.5 Å². The minimum atomic E-state index is -3.59. The smallest absolute Gasteiger partial charge is 0.319 e.